The quantitative estimate of drug-likeness (QED) is 0.622. The number of nitrogens with one attached hydrogen (secondary N) is 1. The number of carboxylic acids is 1. The molecule has 3 aliphatic rings. The average molecular weight is 477 g/mol. The van der Waals surface area contributed by atoms with Crippen LogP contribution in [0.4, 0.5) is 4.79 Å². The summed E-state index contributed by atoms with van der Waals surface area (Å²) in [6.07, 6.45) is 3.17. The van der Waals surface area contributed by atoms with Crippen molar-refractivity contribution in [3.63, 3.8) is 0 Å². The number of ether oxygens (including phenoxy) is 1. The van der Waals surface area contributed by atoms with Gasteiger partial charge in [0.1, 0.15) is 6.61 Å². The van der Waals surface area contributed by atoms with E-state index in [-0.39, 0.29) is 30.1 Å². The molecule has 2 aliphatic carbocycles. The van der Waals surface area contributed by atoms with E-state index >= 15 is 0 Å². The summed E-state index contributed by atoms with van der Waals surface area (Å²) < 4.78 is 5.63. The molecule has 184 valence electrons. The van der Waals surface area contributed by atoms with Crippen LogP contribution in [0, 0.1) is 17.8 Å². The van der Waals surface area contributed by atoms with Gasteiger partial charge in [0.2, 0.25) is 5.91 Å². The van der Waals surface area contributed by atoms with E-state index in [0.29, 0.717) is 32.2 Å². The van der Waals surface area contributed by atoms with E-state index in [2.05, 4.69) is 29.6 Å². The first kappa shape index (κ1) is 23.4. The Balaban J connectivity index is 1.04. The lowest BCUT2D eigenvalue weighted by Gasteiger charge is -2.41. The summed E-state index contributed by atoms with van der Waals surface area (Å²) in [5, 5.41) is 11.8. The predicted octanol–water partition coefficient (Wildman–Crippen LogP) is 4.26. The highest BCUT2D eigenvalue weighted by molar-refractivity contribution is 5.80. The first-order valence-electron chi connectivity index (χ1n) is 12.6. The second kappa shape index (κ2) is 10.1. The molecule has 0 atom stereocenters. The molecule has 0 bridgehead atoms. The van der Waals surface area contributed by atoms with Crippen LogP contribution in [-0.2, 0) is 14.3 Å². The summed E-state index contributed by atoms with van der Waals surface area (Å²) in [5.41, 5.74) is 4.81. The Kier molecular flexibility index (Phi) is 6.75. The minimum atomic E-state index is -0.800. The van der Waals surface area contributed by atoms with Gasteiger partial charge < -0.3 is 20.1 Å². The van der Waals surface area contributed by atoms with Crippen LogP contribution in [0.15, 0.2) is 48.5 Å². The molecule has 1 heterocycles. The second-order valence-corrected chi connectivity index (χ2v) is 10.1. The van der Waals surface area contributed by atoms with Crippen LogP contribution in [-0.4, -0.2) is 54.2 Å². The zero-order valence-electron chi connectivity index (χ0n) is 19.8. The minimum absolute atomic E-state index is 0.0199. The Morgan fingerprint density at radius 3 is 2.09 bits per heavy atom. The van der Waals surface area contributed by atoms with Crippen LogP contribution in [0.2, 0.25) is 0 Å². The number of fused-ring (bicyclic) bond motifs is 3. The van der Waals surface area contributed by atoms with Crippen molar-refractivity contribution >= 4 is 18.0 Å². The van der Waals surface area contributed by atoms with Crippen LogP contribution < -0.4 is 5.32 Å². The van der Waals surface area contributed by atoms with Crippen LogP contribution in [0.25, 0.3) is 11.1 Å². The number of hydrogen-bond donors (Lipinski definition) is 2. The van der Waals surface area contributed by atoms with Crippen molar-refractivity contribution < 1.29 is 24.2 Å². The van der Waals surface area contributed by atoms with Gasteiger partial charge in [0.15, 0.2) is 0 Å². The summed E-state index contributed by atoms with van der Waals surface area (Å²) in [6.45, 7) is 1.99. The second-order valence-electron chi connectivity index (χ2n) is 10.1. The molecule has 0 spiro atoms. The van der Waals surface area contributed by atoms with Gasteiger partial charge in [-0.1, -0.05) is 48.5 Å². The molecule has 1 saturated carbocycles. The summed E-state index contributed by atoms with van der Waals surface area (Å²) in [6, 6.07) is 16.6. The number of hydrogen-bond acceptors (Lipinski definition) is 4. The number of rotatable bonds is 7. The van der Waals surface area contributed by atoms with E-state index in [1.54, 1.807) is 4.90 Å². The standard InChI is InChI=1S/C28H32N2O5/c31-26(32)13-19-15-30(16-19)27(33)20-11-9-18(10-12-20)14-29-28(34)35-17-25-23-7-3-1-5-21(23)22-6-2-4-8-24(22)25/h1-8,18-20,25H,9-17H2,(H,29,34)(H,31,32). The zero-order chi connectivity index (χ0) is 24.4. The molecule has 5 rings (SSSR count). The van der Waals surface area contributed by atoms with Gasteiger partial charge in [-0.15, -0.1) is 0 Å². The van der Waals surface area contributed by atoms with Crippen molar-refractivity contribution in [2.24, 2.45) is 17.8 Å². The Morgan fingerprint density at radius 2 is 1.49 bits per heavy atom. The van der Waals surface area contributed by atoms with Crippen molar-refractivity contribution in [1.82, 2.24) is 10.2 Å². The lowest BCUT2D eigenvalue weighted by molar-refractivity contribution is -0.148. The zero-order valence-corrected chi connectivity index (χ0v) is 19.8. The van der Waals surface area contributed by atoms with Gasteiger partial charge in [0.25, 0.3) is 0 Å². The number of benzene rings is 2. The van der Waals surface area contributed by atoms with Crippen LogP contribution in [0.5, 0.6) is 0 Å². The Morgan fingerprint density at radius 1 is 0.886 bits per heavy atom. The van der Waals surface area contributed by atoms with Crippen LogP contribution in [0.3, 0.4) is 0 Å². The fourth-order valence-corrected chi connectivity index (χ4v) is 5.87. The first-order chi connectivity index (χ1) is 17.0. The molecule has 35 heavy (non-hydrogen) atoms. The smallest absolute Gasteiger partial charge is 0.407 e. The van der Waals surface area contributed by atoms with Gasteiger partial charge in [-0.05, 0) is 53.9 Å². The van der Waals surface area contributed by atoms with Gasteiger partial charge in [0.05, 0.1) is 6.42 Å². The maximum Gasteiger partial charge on any atom is 0.407 e. The lowest BCUT2D eigenvalue weighted by atomic mass is 9.80. The van der Waals surface area contributed by atoms with Gasteiger partial charge in [-0.25, -0.2) is 4.79 Å². The number of nitrogens with zero attached hydrogens (tertiary/aromatic N) is 1. The molecular weight excluding hydrogens is 444 g/mol. The lowest BCUT2D eigenvalue weighted by Crippen LogP contribution is -2.53. The molecule has 0 unspecified atom stereocenters. The van der Waals surface area contributed by atoms with Crippen LogP contribution >= 0.6 is 0 Å². The maximum atomic E-state index is 12.7. The number of alkyl carbamates (subject to hydrolysis) is 1. The van der Waals surface area contributed by atoms with E-state index in [9.17, 15) is 14.4 Å². The van der Waals surface area contributed by atoms with E-state index in [4.69, 9.17) is 9.84 Å². The molecule has 0 radical (unpaired) electrons. The Labute approximate surface area is 205 Å². The largest absolute Gasteiger partial charge is 0.481 e. The summed E-state index contributed by atoms with van der Waals surface area (Å²) in [4.78, 5) is 37.7. The molecular formula is C28H32N2O5. The van der Waals surface area contributed by atoms with Crippen molar-refractivity contribution in [1.29, 1.82) is 0 Å². The molecule has 0 aromatic heterocycles. The number of carboxylic acid groups (broad SMARTS) is 1. The fourth-order valence-electron chi connectivity index (χ4n) is 5.87. The maximum absolute atomic E-state index is 12.7. The third-order valence-electron chi connectivity index (χ3n) is 7.81. The highest BCUT2D eigenvalue weighted by atomic mass is 16.5. The van der Waals surface area contributed by atoms with Crippen molar-refractivity contribution in [3.8, 4) is 11.1 Å². The Bertz CT molecular complexity index is 1060. The minimum Gasteiger partial charge on any atom is -0.481 e. The SMILES string of the molecule is O=C(O)CC1CN(C(=O)C2CCC(CNC(=O)OCC3c4ccccc4-c4ccccc43)CC2)C1. The number of aliphatic carboxylic acids is 1. The molecule has 2 amide bonds. The molecule has 7 nitrogen and oxygen atoms in total. The van der Waals surface area contributed by atoms with Gasteiger partial charge in [-0.2, -0.15) is 0 Å². The number of likely N-dealkylation sites (tertiary alicyclic amines) is 1. The van der Waals surface area contributed by atoms with Crippen LogP contribution in [0.1, 0.15) is 49.1 Å². The number of amides is 2. The molecule has 2 fully saturated rings. The summed E-state index contributed by atoms with van der Waals surface area (Å²) in [5.74, 6) is -0.136. The molecule has 1 saturated heterocycles. The topological polar surface area (TPSA) is 95.9 Å². The molecule has 7 heteroatoms. The summed E-state index contributed by atoms with van der Waals surface area (Å²) in [7, 11) is 0. The summed E-state index contributed by atoms with van der Waals surface area (Å²) >= 11 is 0. The molecule has 2 N–H and O–H groups in total. The Hall–Kier alpha value is -3.35. The first-order valence-corrected chi connectivity index (χ1v) is 12.6. The van der Waals surface area contributed by atoms with E-state index in [1.165, 1.54) is 22.3 Å². The van der Waals surface area contributed by atoms with Crippen molar-refractivity contribution in [2.45, 2.75) is 38.0 Å². The number of carbonyl (C=O) groups excluding carboxylic acids is 2. The molecule has 2 aromatic rings. The van der Waals surface area contributed by atoms with E-state index < -0.39 is 12.1 Å². The number of carbonyl (C=O) groups is 3. The molecule has 2 aromatic carbocycles. The molecule has 1 aliphatic heterocycles. The fraction of sp³-hybridized carbons (Fsp3) is 0.464. The van der Waals surface area contributed by atoms with E-state index in [0.717, 1.165) is 25.7 Å². The van der Waals surface area contributed by atoms with Crippen molar-refractivity contribution in [2.75, 3.05) is 26.2 Å². The van der Waals surface area contributed by atoms with Crippen molar-refractivity contribution in [3.05, 3.63) is 59.7 Å². The highest BCUT2D eigenvalue weighted by Gasteiger charge is 2.37. The van der Waals surface area contributed by atoms with Gasteiger partial charge in [-0.3, -0.25) is 9.59 Å². The third-order valence-corrected chi connectivity index (χ3v) is 7.81. The van der Waals surface area contributed by atoms with Gasteiger partial charge in [0, 0.05) is 37.4 Å². The third kappa shape index (κ3) is 5.04. The van der Waals surface area contributed by atoms with Gasteiger partial charge >= 0.3 is 12.1 Å². The normalized spacial score (nSPS) is 21.5. The highest BCUT2D eigenvalue weighted by Crippen LogP contribution is 2.44. The van der Waals surface area contributed by atoms with E-state index in [1.807, 2.05) is 24.3 Å². The average Bonchev–Trinajstić information content (AvgIpc) is 3.17. The monoisotopic (exact) mass is 476 g/mol. The predicted molar refractivity (Wildman–Crippen MR) is 131 cm³/mol.